The van der Waals surface area contributed by atoms with E-state index < -0.39 is 6.43 Å². The van der Waals surface area contributed by atoms with Gasteiger partial charge in [0.25, 0.3) is 6.43 Å². The van der Waals surface area contributed by atoms with Gasteiger partial charge in [0.05, 0.1) is 0 Å². The van der Waals surface area contributed by atoms with E-state index in [1.54, 1.807) is 12.1 Å². The number of hydrogen-bond acceptors (Lipinski definition) is 2. The number of likely N-dealkylation sites (tertiary alicyclic amines) is 1. The van der Waals surface area contributed by atoms with Crippen molar-refractivity contribution in [2.45, 2.75) is 50.6 Å². The van der Waals surface area contributed by atoms with Crippen molar-refractivity contribution in [3.63, 3.8) is 0 Å². The summed E-state index contributed by atoms with van der Waals surface area (Å²) in [6.07, 6.45) is 3.56. The fourth-order valence-electron chi connectivity index (χ4n) is 3.67. The summed E-state index contributed by atoms with van der Waals surface area (Å²) in [5.74, 6) is 0.376. The minimum atomic E-state index is -2.40. The molecule has 2 fully saturated rings. The molecule has 1 aromatic rings. The first-order chi connectivity index (χ1) is 10.2. The van der Waals surface area contributed by atoms with Crippen molar-refractivity contribution >= 4 is 0 Å². The van der Waals surface area contributed by atoms with Gasteiger partial charge in [-0.1, -0.05) is 24.6 Å². The second-order valence-electron chi connectivity index (χ2n) is 6.38. The van der Waals surface area contributed by atoms with E-state index in [2.05, 4.69) is 4.90 Å². The molecule has 1 aliphatic heterocycles. The standard InChI is InChI=1S/C17H24F2N2/c18-17(19)13-6-3-5-12(10-13)16-14(11-20)4-1-2-9-21(16)15-7-8-15/h3,5-6,10,14-17H,1-2,4,7-9,11,20H2. The van der Waals surface area contributed by atoms with Crippen LogP contribution in [0.1, 0.15) is 55.7 Å². The SMILES string of the molecule is NCC1CCCCN(C2CC2)C1c1cccc(C(F)F)c1. The van der Waals surface area contributed by atoms with Crippen LogP contribution in [-0.4, -0.2) is 24.0 Å². The Hall–Kier alpha value is -1.00. The number of hydrogen-bond donors (Lipinski definition) is 1. The summed E-state index contributed by atoms with van der Waals surface area (Å²) < 4.78 is 26.0. The fraction of sp³-hybridized carbons (Fsp3) is 0.647. The topological polar surface area (TPSA) is 29.3 Å². The highest BCUT2D eigenvalue weighted by Gasteiger charge is 2.38. The lowest BCUT2D eigenvalue weighted by Gasteiger charge is -2.35. The molecular formula is C17H24F2N2. The Morgan fingerprint density at radius 2 is 2.00 bits per heavy atom. The highest BCUT2D eigenvalue weighted by molar-refractivity contribution is 5.28. The van der Waals surface area contributed by atoms with Crippen molar-refractivity contribution in [2.75, 3.05) is 13.1 Å². The minimum Gasteiger partial charge on any atom is -0.330 e. The van der Waals surface area contributed by atoms with Crippen molar-refractivity contribution in [1.82, 2.24) is 4.90 Å². The van der Waals surface area contributed by atoms with E-state index in [1.807, 2.05) is 6.07 Å². The summed E-state index contributed by atoms with van der Waals surface area (Å²) in [5.41, 5.74) is 7.16. The first kappa shape index (κ1) is 14.9. The van der Waals surface area contributed by atoms with E-state index in [1.165, 1.54) is 31.7 Å². The zero-order valence-electron chi connectivity index (χ0n) is 12.3. The molecule has 1 heterocycles. The van der Waals surface area contributed by atoms with Gasteiger partial charge < -0.3 is 5.73 Å². The molecule has 0 spiro atoms. The number of nitrogens with zero attached hydrogens (tertiary/aromatic N) is 1. The van der Waals surface area contributed by atoms with Gasteiger partial charge in [-0.15, -0.1) is 0 Å². The van der Waals surface area contributed by atoms with Crippen LogP contribution in [0.15, 0.2) is 24.3 Å². The number of rotatable bonds is 4. The predicted octanol–water partition coefficient (Wildman–Crippen LogP) is 3.89. The molecule has 2 atom stereocenters. The summed E-state index contributed by atoms with van der Waals surface area (Å²) in [6.45, 7) is 1.71. The lowest BCUT2D eigenvalue weighted by Crippen LogP contribution is -2.37. The van der Waals surface area contributed by atoms with Crippen LogP contribution in [0.4, 0.5) is 8.78 Å². The monoisotopic (exact) mass is 294 g/mol. The van der Waals surface area contributed by atoms with Crippen LogP contribution < -0.4 is 5.73 Å². The van der Waals surface area contributed by atoms with Gasteiger partial charge in [0.1, 0.15) is 0 Å². The number of halogens is 2. The molecule has 116 valence electrons. The zero-order valence-corrected chi connectivity index (χ0v) is 12.3. The van der Waals surface area contributed by atoms with Crippen LogP contribution in [0, 0.1) is 5.92 Å². The molecular weight excluding hydrogens is 270 g/mol. The van der Waals surface area contributed by atoms with Gasteiger partial charge in [-0.2, -0.15) is 0 Å². The lowest BCUT2D eigenvalue weighted by atomic mass is 9.88. The zero-order chi connectivity index (χ0) is 14.8. The smallest absolute Gasteiger partial charge is 0.263 e. The molecule has 2 nitrogen and oxygen atoms in total. The molecule has 3 rings (SSSR count). The summed E-state index contributed by atoms with van der Waals surface area (Å²) in [4.78, 5) is 2.54. The molecule has 1 saturated carbocycles. The molecule has 0 amide bonds. The largest absolute Gasteiger partial charge is 0.330 e. The molecule has 1 saturated heterocycles. The van der Waals surface area contributed by atoms with E-state index in [-0.39, 0.29) is 11.6 Å². The average molecular weight is 294 g/mol. The maximum absolute atomic E-state index is 13.0. The van der Waals surface area contributed by atoms with Gasteiger partial charge in [0.2, 0.25) is 0 Å². The van der Waals surface area contributed by atoms with Crippen molar-refractivity contribution < 1.29 is 8.78 Å². The molecule has 21 heavy (non-hydrogen) atoms. The molecule has 2 unspecified atom stereocenters. The summed E-state index contributed by atoms with van der Waals surface area (Å²) in [5, 5.41) is 0. The summed E-state index contributed by atoms with van der Waals surface area (Å²) >= 11 is 0. The lowest BCUT2D eigenvalue weighted by molar-refractivity contribution is 0.143. The van der Waals surface area contributed by atoms with Crippen LogP contribution in [0.25, 0.3) is 0 Å². The van der Waals surface area contributed by atoms with Gasteiger partial charge in [-0.25, -0.2) is 8.78 Å². The number of nitrogens with two attached hydrogens (primary N) is 1. The van der Waals surface area contributed by atoms with Gasteiger partial charge in [-0.05, 0) is 56.3 Å². The van der Waals surface area contributed by atoms with E-state index >= 15 is 0 Å². The third-order valence-electron chi connectivity index (χ3n) is 4.87. The third-order valence-corrected chi connectivity index (χ3v) is 4.87. The number of benzene rings is 1. The third kappa shape index (κ3) is 3.27. The Kier molecular flexibility index (Phi) is 4.55. The van der Waals surface area contributed by atoms with Crippen molar-refractivity contribution in [3.05, 3.63) is 35.4 Å². The van der Waals surface area contributed by atoms with Crippen molar-refractivity contribution in [3.8, 4) is 0 Å². The molecule has 0 bridgehead atoms. The van der Waals surface area contributed by atoms with Gasteiger partial charge in [-0.3, -0.25) is 4.90 Å². The molecule has 2 N–H and O–H groups in total. The Morgan fingerprint density at radius 1 is 1.19 bits per heavy atom. The van der Waals surface area contributed by atoms with Crippen LogP contribution in [-0.2, 0) is 0 Å². The highest BCUT2D eigenvalue weighted by atomic mass is 19.3. The molecule has 4 heteroatoms. The second-order valence-corrected chi connectivity index (χ2v) is 6.38. The summed E-state index contributed by atoms with van der Waals surface area (Å²) in [7, 11) is 0. The van der Waals surface area contributed by atoms with Gasteiger partial charge >= 0.3 is 0 Å². The van der Waals surface area contributed by atoms with Crippen molar-refractivity contribution in [1.29, 1.82) is 0 Å². The van der Waals surface area contributed by atoms with E-state index in [0.717, 1.165) is 18.5 Å². The molecule has 1 aromatic carbocycles. The van der Waals surface area contributed by atoms with Crippen LogP contribution in [0.3, 0.4) is 0 Å². The molecule has 1 aliphatic carbocycles. The first-order valence-corrected chi connectivity index (χ1v) is 8.04. The molecule has 2 aliphatic rings. The second kappa shape index (κ2) is 6.41. The Labute approximate surface area is 125 Å². The van der Waals surface area contributed by atoms with Crippen LogP contribution in [0.2, 0.25) is 0 Å². The summed E-state index contributed by atoms with van der Waals surface area (Å²) in [6, 6.07) is 7.82. The number of alkyl halides is 2. The maximum Gasteiger partial charge on any atom is 0.263 e. The first-order valence-electron chi connectivity index (χ1n) is 8.04. The minimum absolute atomic E-state index is 0.128. The average Bonchev–Trinajstić information content (AvgIpc) is 3.32. The van der Waals surface area contributed by atoms with E-state index in [4.69, 9.17) is 5.73 Å². The van der Waals surface area contributed by atoms with Crippen LogP contribution >= 0.6 is 0 Å². The van der Waals surface area contributed by atoms with Crippen molar-refractivity contribution in [2.24, 2.45) is 11.7 Å². The molecule has 0 aromatic heterocycles. The maximum atomic E-state index is 13.0. The Morgan fingerprint density at radius 3 is 2.67 bits per heavy atom. The highest BCUT2D eigenvalue weighted by Crippen LogP contribution is 2.42. The van der Waals surface area contributed by atoms with E-state index in [0.29, 0.717) is 18.5 Å². The van der Waals surface area contributed by atoms with Gasteiger partial charge in [0.15, 0.2) is 0 Å². The Balaban J connectivity index is 1.94. The molecule has 0 radical (unpaired) electrons. The van der Waals surface area contributed by atoms with E-state index in [9.17, 15) is 8.78 Å². The Bertz CT molecular complexity index is 474. The normalized spacial score (nSPS) is 27.8. The fourth-order valence-corrected chi connectivity index (χ4v) is 3.67. The predicted molar refractivity (Wildman–Crippen MR) is 80.3 cm³/mol. The van der Waals surface area contributed by atoms with Gasteiger partial charge in [0, 0.05) is 17.6 Å². The quantitative estimate of drug-likeness (QED) is 0.913. The van der Waals surface area contributed by atoms with Crippen LogP contribution in [0.5, 0.6) is 0 Å².